The Morgan fingerprint density at radius 1 is 1.05 bits per heavy atom. The second-order valence-electron chi connectivity index (χ2n) is 5.81. The van der Waals surface area contributed by atoms with Crippen LogP contribution in [0.3, 0.4) is 0 Å². The van der Waals surface area contributed by atoms with E-state index in [1.807, 2.05) is 0 Å². The molecule has 0 saturated carbocycles. The van der Waals surface area contributed by atoms with Crippen LogP contribution in [0.1, 0.15) is 50.4 Å². The van der Waals surface area contributed by atoms with Gasteiger partial charge >= 0.3 is 0 Å². The number of hydrogen-bond acceptors (Lipinski definition) is 2. The second kappa shape index (κ2) is 7.96. The van der Waals surface area contributed by atoms with Gasteiger partial charge in [0.25, 0.3) is 0 Å². The Morgan fingerprint density at radius 2 is 1.63 bits per heavy atom. The normalized spacial score (nSPS) is 14.7. The van der Waals surface area contributed by atoms with E-state index in [1.54, 1.807) is 0 Å². The molecule has 0 aliphatic rings. The number of thioether (sulfide) groups is 1. The third-order valence-corrected chi connectivity index (χ3v) is 5.16. The summed E-state index contributed by atoms with van der Waals surface area (Å²) in [6.45, 7) is 14.5. The predicted molar refractivity (Wildman–Crippen MR) is 89.1 cm³/mol. The van der Waals surface area contributed by atoms with E-state index in [1.165, 1.54) is 16.7 Å². The Bertz CT molecular complexity index is 367. The number of rotatable bonds is 7. The van der Waals surface area contributed by atoms with Crippen molar-refractivity contribution in [3.05, 3.63) is 34.9 Å². The summed E-state index contributed by atoms with van der Waals surface area (Å²) >= 11 is 2.08. The van der Waals surface area contributed by atoms with Gasteiger partial charge in [-0.05, 0) is 31.9 Å². The standard InChI is InChI=1S/C17H29NS/c1-7-18-17(11-19-15(6)12(2)3)16-9-13(4)8-14(5)10-16/h8-10,12,15,17-18H,7,11H2,1-6H3. The zero-order chi connectivity index (χ0) is 14.4. The minimum Gasteiger partial charge on any atom is -0.310 e. The molecule has 0 bridgehead atoms. The third-order valence-electron chi connectivity index (χ3n) is 3.56. The van der Waals surface area contributed by atoms with Crippen LogP contribution < -0.4 is 5.32 Å². The highest BCUT2D eigenvalue weighted by Crippen LogP contribution is 2.26. The summed E-state index contributed by atoms with van der Waals surface area (Å²) < 4.78 is 0. The van der Waals surface area contributed by atoms with Gasteiger partial charge in [0.1, 0.15) is 0 Å². The zero-order valence-electron chi connectivity index (χ0n) is 13.3. The Labute approximate surface area is 123 Å². The van der Waals surface area contributed by atoms with Gasteiger partial charge in [-0.15, -0.1) is 0 Å². The highest BCUT2D eigenvalue weighted by Gasteiger charge is 2.15. The smallest absolute Gasteiger partial charge is 0.0412 e. The van der Waals surface area contributed by atoms with Gasteiger partial charge < -0.3 is 5.32 Å². The summed E-state index contributed by atoms with van der Waals surface area (Å²) in [5.41, 5.74) is 4.16. The average Bonchev–Trinajstić information content (AvgIpc) is 2.32. The Kier molecular flexibility index (Phi) is 6.95. The molecule has 0 radical (unpaired) electrons. The molecule has 0 aromatic heterocycles. The van der Waals surface area contributed by atoms with Crippen LogP contribution in [0, 0.1) is 19.8 Å². The van der Waals surface area contributed by atoms with Crippen LogP contribution in [0.25, 0.3) is 0 Å². The van der Waals surface area contributed by atoms with Crippen molar-refractivity contribution in [2.75, 3.05) is 12.3 Å². The summed E-state index contributed by atoms with van der Waals surface area (Å²) in [5.74, 6) is 1.89. The summed E-state index contributed by atoms with van der Waals surface area (Å²) in [4.78, 5) is 0. The maximum absolute atomic E-state index is 3.63. The van der Waals surface area contributed by atoms with E-state index in [2.05, 4.69) is 76.8 Å². The second-order valence-corrected chi connectivity index (χ2v) is 7.22. The van der Waals surface area contributed by atoms with Gasteiger partial charge in [-0.1, -0.05) is 57.0 Å². The lowest BCUT2D eigenvalue weighted by molar-refractivity contribution is 0.598. The minimum atomic E-state index is 0.467. The predicted octanol–water partition coefficient (Wildman–Crippen LogP) is 4.73. The van der Waals surface area contributed by atoms with Crippen molar-refractivity contribution in [1.29, 1.82) is 0 Å². The Balaban J connectivity index is 2.76. The SMILES string of the molecule is CCNC(CSC(C)C(C)C)c1cc(C)cc(C)c1. The molecule has 0 aliphatic carbocycles. The van der Waals surface area contributed by atoms with E-state index >= 15 is 0 Å². The molecule has 0 spiro atoms. The van der Waals surface area contributed by atoms with Crippen LogP contribution in [0.5, 0.6) is 0 Å². The molecular weight excluding hydrogens is 250 g/mol. The topological polar surface area (TPSA) is 12.0 Å². The van der Waals surface area contributed by atoms with E-state index in [0.717, 1.165) is 18.2 Å². The van der Waals surface area contributed by atoms with Gasteiger partial charge in [-0.25, -0.2) is 0 Å². The van der Waals surface area contributed by atoms with Crippen molar-refractivity contribution in [2.24, 2.45) is 5.92 Å². The summed E-state index contributed by atoms with van der Waals surface area (Å²) in [6.07, 6.45) is 0. The molecule has 2 atom stereocenters. The Hall–Kier alpha value is -0.470. The molecule has 0 heterocycles. The molecule has 0 aliphatic heterocycles. The number of aryl methyl sites for hydroxylation is 2. The van der Waals surface area contributed by atoms with Crippen molar-refractivity contribution >= 4 is 11.8 Å². The van der Waals surface area contributed by atoms with Gasteiger partial charge in [0.15, 0.2) is 0 Å². The number of benzene rings is 1. The Morgan fingerprint density at radius 3 is 2.11 bits per heavy atom. The molecular formula is C17H29NS. The van der Waals surface area contributed by atoms with Crippen molar-refractivity contribution in [1.82, 2.24) is 5.32 Å². The van der Waals surface area contributed by atoms with Crippen LogP contribution in [0.2, 0.25) is 0 Å². The van der Waals surface area contributed by atoms with Crippen LogP contribution in [0.15, 0.2) is 18.2 Å². The van der Waals surface area contributed by atoms with Gasteiger partial charge in [0.05, 0.1) is 0 Å². The molecule has 1 N–H and O–H groups in total. The first-order valence-electron chi connectivity index (χ1n) is 7.37. The molecule has 1 rings (SSSR count). The quantitative estimate of drug-likeness (QED) is 0.774. The van der Waals surface area contributed by atoms with Crippen LogP contribution in [-0.2, 0) is 0 Å². The van der Waals surface area contributed by atoms with Gasteiger partial charge in [-0.3, -0.25) is 0 Å². The molecule has 0 amide bonds. The van der Waals surface area contributed by atoms with Crippen molar-refractivity contribution in [3.8, 4) is 0 Å². The van der Waals surface area contributed by atoms with E-state index in [4.69, 9.17) is 0 Å². The first-order chi connectivity index (χ1) is 8.93. The number of nitrogens with one attached hydrogen (secondary N) is 1. The fraction of sp³-hybridized carbons (Fsp3) is 0.647. The highest BCUT2D eigenvalue weighted by molar-refractivity contribution is 7.99. The summed E-state index contributed by atoms with van der Waals surface area (Å²) in [6, 6.07) is 7.35. The molecule has 0 saturated heterocycles. The minimum absolute atomic E-state index is 0.467. The first-order valence-corrected chi connectivity index (χ1v) is 8.42. The summed E-state index contributed by atoms with van der Waals surface area (Å²) in [7, 11) is 0. The molecule has 1 nitrogen and oxygen atoms in total. The van der Waals surface area contributed by atoms with E-state index in [9.17, 15) is 0 Å². The molecule has 0 fully saturated rings. The average molecular weight is 279 g/mol. The highest BCUT2D eigenvalue weighted by atomic mass is 32.2. The van der Waals surface area contributed by atoms with E-state index in [0.29, 0.717) is 11.3 Å². The monoisotopic (exact) mass is 279 g/mol. The lowest BCUT2D eigenvalue weighted by Gasteiger charge is -2.22. The van der Waals surface area contributed by atoms with Crippen molar-refractivity contribution in [2.45, 2.75) is 52.8 Å². The summed E-state index contributed by atoms with van der Waals surface area (Å²) in [5, 5.41) is 4.34. The first kappa shape index (κ1) is 16.6. The molecule has 1 aromatic carbocycles. The third kappa shape index (κ3) is 5.58. The molecule has 2 unspecified atom stereocenters. The van der Waals surface area contributed by atoms with Gasteiger partial charge in [0.2, 0.25) is 0 Å². The lowest BCUT2D eigenvalue weighted by atomic mass is 10.0. The zero-order valence-corrected chi connectivity index (χ0v) is 14.1. The van der Waals surface area contributed by atoms with Crippen molar-refractivity contribution < 1.29 is 0 Å². The number of hydrogen-bond donors (Lipinski definition) is 1. The van der Waals surface area contributed by atoms with E-state index < -0.39 is 0 Å². The van der Waals surface area contributed by atoms with Crippen LogP contribution in [0.4, 0.5) is 0 Å². The van der Waals surface area contributed by atoms with Gasteiger partial charge in [0, 0.05) is 17.0 Å². The van der Waals surface area contributed by atoms with Crippen LogP contribution >= 0.6 is 11.8 Å². The van der Waals surface area contributed by atoms with Gasteiger partial charge in [-0.2, -0.15) is 11.8 Å². The molecule has 108 valence electrons. The fourth-order valence-corrected chi connectivity index (χ4v) is 3.36. The maximum Gasteiger partial charge on any atom is 0.0412 e. The molecule has 19 heavy (non-hydrogen) atoms. The largest absolute Gasteiger partial charge is 0.310 e. The van der Waals surface area contributed by atoms with Crippen LogP contribution in [-0.4, -0.2) is 17.5 Å². The molecule has 1 aromatic rings. The lowest BCUT2D eigenvalue weighted by Crippen LogP contribution is -2.24. The molecule has 2 heteroatoms. The fourth-order valence-electron chi connectivity index (χ4n) is 2.17. The van der Waals surface area contributed by atoms with E-state index in [-0.39, 0.29) is 0 Å². The maximum atomic E-state index is 3.63. The van der Waals surface area contributed by atoms with Crippen molar-refractivity contribution in [3.63, 3.8) is 0 Å².